The monoisotopic (exact) mass is 400 g/mol. The van der Waals surface area contributed by atoms with Gasteiger partial charge in [0.05, 0.1) is 19.0 Å². The summed E-state index contributed by atoms with van der Waals surface area (Å²) < 4.78 is 10.7. The van der Waals surface area contributed by atoms with Crippen molar-refractivity contribution in [2.24, 2.45) is 5.10 Å². The number of H-pyrrole nitrogens is 1. The summed E-state index contributed by atoms with van der Waals surface area (Å²) in [4.78, 5) is 19.1. The molecule has 30 heavy (non-hydrogen) atoms. The molecule has 0 aliphatic carbocycles. The van der Waals surface area contributed by atoms with Gasteiger partial charge < -0.3 is 9.47 Å². The number of hydrogen-bond acceptors (Lipinski definition) is 8. The summed E-state index contributed by atoms with van der Waals surface area (Å²) in [5.74, 6) is 0.875. The standard InChI is InChI=1S/C21H16N6O3/c1-29-17-9-5-8-15(19(17)30-11-10-22)13-24-27-21-25-18(14-6-3-2-4-7-14)16(12-23)20(28)26-21/h2-9,13H,11H2,1H3,(H2,25,26,27,28). The first-order valence-electron chi connectivity index (χ1n) is 8.73. The van der Waals surface area contributed by atoms with Crippen LogP contribution in [-0.4, -0.2) is 29.9 Å². The molecule has 0 bridgehead atoms. The number of benzene rings is 2. The van der Waals surface area contributed by atoms with Crippen LogP contribution in [0.25, 0.3) is 11.3 Å². The number of nitrogens with one attached hydrogen (secondary N) is 2. The highest BCUT2D eigenvalue weighted by Crippen LogP contribution is 2.30. The van der Waals surface area contributed by atoms with E-state index in [-0.39, 0.29) is 23.8 Å². The molecule has 0 radical (unpaired) electrons. The van der Waals surface area contributed by atoms with Crippen LogP contribution < -0.4 is 20.5 Å². The number of nitriles is 2. The van der Waals surface area contributed by atoms with Gasteiger partial charge in [0.2, 0.25) is 5.95 Å². The maximum atomic E-state index is 12.3. The van der Waals surface area contributed by atoms with E-state index in [0.29, 0.717) is 22.6 Å². The molecule has 3 aromatic rings. The van der Waals surface area contributed by atoms with E-state index < -0.39 is 5.56 Å². The lowest BCUT2D eigenvalue weighted by Gasteiger charge is -2.10. The van der Waals surface area contributed by atoms with Gasteiger partial charge in [-0.1, -0.05) is 36.4 Å². The highest BCUT2D eigenvalue weighted by Gasteiger charge is 2.13. The predicted octanol–water partition coefficient (Wildman–Crippen LogP) is 2.67. The largest absolute Gasteiger partial charge is 0.493 e. The summed E-state index contributed by atoms with van der Waals surface area (Å²) in [5, 5.41) is 22.2. The van der Waals surface area contributed by atoms with Crippen LogP contribution in [0, 0.1) is 22.7 Å². The molecule has 148 valence electrons. The van der Waals surface area contributed by atoms with Gasteiger partial charge in [0.25, 0.3) is 5.56 Å². The number of methoxy groups -OCH3 is 1. The first kappa shape index (κ1) is 20.1. The Hall–Kier alpha value is -4.63. The Kier molecular flexibility index (Phi) is 6.39. The number of para-hydroxylation sites is 1. The van der Waals surface area contributed by atoms with E-state index in [1.807, 2.05) is 18.2 Å². The Morgan fingerprint density at radius 2 is 2.00 bits per heavy atom. The molecule has 0 unspecified atom stereocenters. The number of nitrogens with zero attached hydrogens (tertiary/aromatic N) is 4. The first-order valence-corrected chi connectivity index (χ1v) is 8.73. The molecule has 0 aliphatic rings. The zero-order valence-corrected chi connectivity index (χ0v) is 15.9. The molecule has 0 saturated heterocycles. The Morgan fingerprint density at radius 3 is 2.70 bits per heavy atom. The maximum absolute atomic E-state index is 12.3. The van der Waals surface area contributed by atoms with Crippen LogP contribution in [-0.2, 0) is 0 Å². The summed E-state index contributed by atoms with van der Waals surface area (Å²) in [7, 11) is 1.49. The van der Waals surface area contributed by atoms with Crippen molar-refractivity contribution in [2.75, 3.05) is 19.1 Å². The van der Waals surface area contributed by atoms with Crippen molar-refractivity contribution in [3.05, 3.63) is 70.0 Å². The number of aromatic nitrogens is 2. The Labute approximate surface area is 171 Å². The van der Waals surface area contributed by atoms with Crippen molar-refractivity contribution in [3.63, 3.8) is 0 Å². The lowest BCUT2D eigenvalue weighted by atomic mass is 10.1. The highest BCUT2D eigenvalue weighted by atomic mass is 16.5. The van der Waals surface area contributed by atoms with Crippen LogP contribution >= 0.6 is 0 Å². The van der Waals surface area contributed by atoms with Gasteiger partial charge in [0.1, 0.15) is 17.7 Å². The second-order valence-corrected chi connectivity index (χ2v) is 5.81. The molecule has 9 nitrogen and oxygen atoms in total. The summed E-state index contributed by atoms with van der Waals surface area (Å²) >= 11 is 0. The van der Waals surface area contributed by atoms with Crippen LogP contribution in [0.2, 0.25) is 0 Å². The van der Waals surface area contributed by atoms with Crippen molar-refractivity contribution in [3.8, 4) is 34.9 Å². The molecule has 0 amide bonds. The summed E-state index contributed by atoms with van der Waals surface area (Å²) in [6, 6.07) is 17.9. The minimum Gasteiger partial charge on any atom is -0.493 e. The predicted molar refractivity (Wildman–Crippen MR) is 110 cm³/mol. The molecule has 1 heterocycles. The van der Waals surface area contributed by atoms with Crippen molar-refractivity contribution >= 4 is 12.2 Å². The van der Waals surface area contributed by atoms with E-state index in [2.05, 4.69) is 20.5 Å². The summed E-state index contributed by atoms with van der Waals surface area (Å²) in [5.41, 5.74) is 3.41. The van der Waals surface area contributed by atoms with Crippen molar-refractivity contribution in [2.45, 2.75) is 0 Å². The fourth-order valence-electron chi connectivity index (χ4n) is 2.65. The fourth-order valence-corrected chi connectivity index (χ4v) is 2.65. The van der Waals surface area contributed by atoms with E-state index >= 15 is 0 Å². The number of ether oxygens (including phenoxy) is 2. The van der Waals surface area contributed by atoms with Gasteiger partial charge in [-0.2, -0.15) is 15.6 Å². The van der Waals surface area contributed by atoms with Gasteiger partial charge in [-0.3, -0.25) is 9.78 Å². The van der Waals surface area contributed by atoms with Gasteiger partial charge in [-0.05, 0) is 12.1 Å². The van der Waals surface area contributed by atoms with Gasteiger partial charge in [-0.15, -0.1) is 0 Å². The van der Waals surface area contributed by atoms with Crippen LogP contribution in [0.3, 0.4) is 0 Å². The third-order valence-electron chi connectivity index (χ3n) is 3.96. The number of hydrazone groups is 1. The lowest BCUT2D eigenvalue weighted by molar-refractivity contribution is 0.329. The number of hydrogen-bond donors (Lipinski definition) is 2. The number of aromatic amines is 1. The SMILES string of the molecule is COc1cccc(C=NNc2nc(-c3ccccc3)c(C#N)c(=O)[nH]2)c1OCC#N. The average molecular weight is 400 g/mol. The molecule has 2 aromatic carbocycles. The van der Waals surface area contributed by atoms with Gasteiger partial charge in [0.15, 0.2) is 18.1 Å². The quantitative estimate of drug-likeness (QED) is 0.459. The third-order valence-corrected chi connectivity index (χ3v) is 3.96. The molecule has 0 atom stereocenters. The Balaban J connectivity index is 1.91. The minimum absolute atomic E-state index is 0.0662. The molecular formula is C21H16N6O3. The highest BCUT2D eigenvalue weighted by molar-refractivity contribution is 5.85. The zero-order chi connectivity index (χ0) is 21.3. The molecule has 0 saturated carbocycles. The van der Waals surface area contributed by atoms with E-state index in [4.69, 9.17) is 14.7 Å². The van der Waals surface area contributed by atoms with Crippen LogP contribution in [0.15, 0.2) is 58.4 Å². The van der Waals surface area contributed by atoms with Gasteiger partial charge >= 0.3 is 0 Å². The molecule has 0 fully saturated rings. The van der Waals surface area contributed by atoms with Crippen LogP contribution in [0.5, 0.6) is 11.5 Å². The van der Waals surface area contributed by atoms with Crippen LogP contribution in [0.1, 0.15) is 11.1 Å². The Bertz CT molecular complexity index is 1210. The molecule has 2 N–H and O–H groups in total. The third kappa shape index (κ3) is 4.43. The fraction of sp³-hybridized carbons (Fsp3) is 0.0952. The molecule has 0 aliphatic heterocycles. The molecule has 0 spiro atoms. The van der Waals surface area contributed by atoms with E-state index in [9.17, 15) is 10.1 Å². The summed E-state index contributed by atoms with van der Waals surface area (Å²) in [6.45, 7) is -0.153. The molecule has 3 rings (SSSR count). The summed E-state index contributed by atoms with van der Waals surface area (Å²) in [6.07, 6.45) is 1.44. The lowest BCUT2D eigenvalue weighted by Crippen LogP contribution is -2.16. The average Bonchev–Trinajstić information content (AvgIpc) is 2.78. The normalized spacial score (nSPS) is 10.2. The van der Waals surface area contributed by atoms with E-state index in [1.165, 1.54) is 13.3 Å². The first-order chi connectivity index (χ1) is 14.7. The topological polar surface area (TPSA) is 136 Å². The van der Waals surface area contributed by atoms with Gasteiger partial charge in [-0.25, -0.2) is 10.4 Å². The Morgan fingerprint density at radius 1 is 1.20 bits per heavy atom. The smallest absolute Gasteiger partial charge is 0.270 e. The minimum atomic E-state index is -0.580. The van der Waals surface area contributed by atoms with Crippen molar-refractivity contribution < 1.29 is 9.47 Å². The molecule has 9 heteroatoms. The maximum Gasteiger partial charge on any atom is 0.270 e. The van der Waals surface area contributed by atoms with E-state index in [1.54, 1.807) is 42.5 Å². The second kappa shape index (κ2) is 9.53. The second-order valence-electron chi connectivity index (χ2n) is 5.81. The van der Waals surface area contributed by atoms with Gasteiger partial charge in [0, 0.05) is 11.1 Å². The number of anilines is 1. The molecule has 1 aromatic heterocycles. The van der Waals surface area contributed by atoms with Crippen LogP contribution in [0.4, 0.5) is 5.95 Å². The zero-order valence-electron chi connectivity index (χ0n) is 15.9. The van der Waals surface area contributed by atoms with Crippen molar-refractivity contribution in [1.29, 1.82) is 10.5 Å². The molecular weight excluding hydrogens is 384 g/mol. The van der Waals surface area contributed by atoms with Crippen molar-refractivity contribution in [1.82, 2.24) is 9.97 Å². The number of rotatable bonds is 7. The van der Waals surface area contributed by atoms with E-state index in [0.717, 1.165) is 0 Å².